The molecule has 1 N–H and O–H groups in total. The van der Waals surface area contributed by atoms with Crippen LogP contribution >= 0.6 is 27.3 Å². The van der Waals surface area contributed by atoms with Gasteiger partial charge in [0.25, 0.3) is 0 Å². The van der Waals surface area contributed by atoms with Crippen molar-refractivity contribution in [2.24, 2.45) is 0 Å². The monoisotopic (exact) mass is 340 g/mol. The Kier molecular flexibility index (Phi) is 4.61. The van der Waals surface area contributed by atoms with Crippen LogP contribution in [0.15, 0.2) is 33.4 Å². The van der Waals surface area contributed by atoms with Crippen LogP contribution in [0.5, 0.6) is 5.75 Å². The Hall–Kier alpha value is -1.33. The first-order chi connectivity index (χ1) is 9.08. The van der Waals surface area contributed by atoms with Gasteiger partial charge >= 0.3 is 5.97 Å². The van der Waals surface area contributed by atoms with Crippen LogP contribution in [-0.2, 0) is 6.42 Å². The first-order valence-electron chi connectivity index (χ1n) is 5.75. The maximum atomic E-state index is 11.2. The van der Waals surface area contributed by atoms with Crippen LogP contribution < -0.4 is 4.74 Å². The maximum absolute atomic E-state index is 11.2. The summed E-state index contributed by atoms with van der Waals surface area (Å²) in [6.07, 6.45) is 0.776. The van der Waals surface area contributed by atoms with Crippen molar-refractivity contribution in [3.63, 3.8) is 0 Å². The molecular formula is C14H13BrO3S. The third kappa shape index (κ3) is 3.58. The number of carboxylic acids is 1. The summed E-state index contributed by atoms with van der Waals surface area (Å²) in [7, 11) is 0. The number of carboxylic acid groups (broad SMARTS) is 1. The number of hydrogen-bond donors (Lipinski definition) is 1. The first-order valence-corrected chi connectivity index (χ1v) is 7.49. The topological polar surface area (TPSA) is 46.5 Å². The fraction of sp³-hybridized carbons (Fsp3) is 0.214. The van der Waals surface area contributed by atoms with Crippen molar-refractivity contribution in [2.45, 2.75) is 13.3 Å². The predicted octanol–water partition coefficient (Wildman–Crippen LogP) is 4.14. The van der Waals surface area contributed by atoms with E-state index >= 15 is 0 Å². The molecule has 2 aromatic rings. The molecule has 0 radical (unpaired) electrons. The largest absolute Gasteiger partial charge is 0.492 e. The molecule has 2 rings (SSSR count). The smallest absolute Gasteiger partial charge is 0.339 e. The fourth-order valence-corrected chi connectivity index (χ4v) is 3.06. The van der Waals surface area contributed by atoms with Crippen LogP contribution in [0.4, 0.5) is 0 Å². The van der Waals surface area contributed by atoms with Crippen LogP contribution in [0, 0.1) is 6.92 Å². The van der Waals surface area contributed by atoms with E-state index in [1.807, 2.05) is 24.4 Å². The number of carbonyl (C=O) groups is 1. The Morgan fingerprint density at radius 1 is 1.47 bits per heavy atom. The van der Waals surface area contributed by atoms with Gasteiger partial charge in [-0.05, 0) is 47.0 Å². The quantitative estimate of drug-likeness (QED) is 0.889. The molecule has 1 aromatic heterocycles. The molecule has 1 aromatic carbocycles. The van der Waals surface area contributed by atoms with Gasteiger partial charge in [0.2, 0.25) is 0 Å². The second kappa shape index (κ2) is 6.21. The first kappa shape index (κ1) is 14.1. The van der Waals surface area contributed by atoms with E-state index in [4.69, 9.17) is 4.74 Å². The van der Waals surface area contributed by atoms with E-state index in [9.17, 15) is 9.90 Å². The number of ether oxygens (including phenoxy) is 1. The van der Waals surface area contributed by atoms with Crippen molar-refractivity contribution in [1.82, 2.24) is 0 Å². The highest BCUT2D eigenvalue weighted by Gasteiger charge is 2.15. The lowest BCUT2D eigenvalue weighted by Crippen LogP contribution is -2.07. The van der Waals surface area contributed by atoms with Gasteiger partial charge in [-0.2, -0.15) is 11.3 Å². The summed E-state index contributed by atoms with van der Waals surface area (Å²) in [5.74, 6) is -0.527. The molecule has 0 spiro atoms. The molecule has 0 aliphatic carbocycles. The lowest BCUT2D eigenvalue weighted by molar-refractivity contribution is 0.0692. The number of aromatic carboxylic acids is 1. The number of rotatable bonds is 5. The number of aryl methyl sites for hydroxylation is 1. The number of thiophene rings is 1. The summed E-state index contributed by atoms with van der Waals surface area (Å²) >= 11 is 4.94. The molecule has 0 bridgehead atoms. The molecule has 0 saturated heterocycles. The van der Waals surface area contributed by atoms with Crippen molar-refractivity contribution in [2.75, 3.05) is 6.61 Å². The molecule has 0 aliphatic rings. The lowest BCUT2D eigenvalue weighted by Gasteiger charge is -2.12. The minimum Gasteiger partial charge on any atom is -0.492 e. The van der Waals surface area contributed by atoms with E-state index < -0.39 is 5.97 Å². The van der Waals surface area contributed by atoms with E-state index in [0.717, 1.165) is 16.5 Å². The molecule has 1 heterocycles. The van der Waals surface area contributed by atoms with E-state index in [2.05, 4.69) is 21.3 Å². The van der Waals surface area contributed by atoms with E-state index in [1.54, 1.807) is 17.4 Å². The Labute approximate surface area is 124 Å². The average molecular weight is 341 g/mol. The molecular weight excluding hydrogens is 328 g/mol. The second-order valence-corrected chi connectivity index (χ2v) is 5.83. The second-order valence-electron chi connectivity index (χ2n) is 4.13. The van der Waals surface area contributed by atoms with Crippen LogP contribution in [-0.4, -0.2) is 17.7 Å². The molecule has 5 heteroatoms. The highest BCUT2D eigenvalue weighted by molar-refractivity contribution is 9.10. The molecule has 0 amide bonds. The lowest BCUT2D eigenvalue weighted by atomic mass is 10.1. The van der Waals surface area contributed by atoms with Gasteiger partial charge in [0.15, 0.2) is 0 Å². The summed E-state index contributed by atoms with van der Waals surface area (Å²) in [4.78, 5) is 11.2. The van der Waals surface area contributed by atoms with E-state index in [0.29, 0.717) is 12.4 Å². The molecule has 0 aliphatic heterocycles. The molecule has 100 valence electrons. The van der Waals surface area contributed by atoms with E-state index in [-0.39, 0.29) is 5.56 Å². The van der Waals surface area contributed by atoms with Gasteiger partial charge in [0.05, 0.1) is 6.61 Å². The van der Waals surface area contributed by atoms with E-state index in [1.165, 1.54) is 5.56 Å². The Bertz CT molecular complexity index is 579. The Morgan fingerprint density at radius 3 is 2.89 bits per heavy atom. The number of hydrogen-bond acceptors (Lipinski definition) is 3. The van der Waals surface area contributed by atoms with Crippen molar-refractivity contribution < 1.29 is 14.6 Å². The highest BCUT2D eigenvalue weighted by Crippen LogP contribution is 2.28. The standard InChI is InChI=1S/C14H13BrO3S/c1-9-6-11(15)7-12(14(16)17)13(9)18-4-2-10-3-5-19-8-10/h3,5-8H,2,4H2,1H3,(H,16,17). The Morgan fingerprint density at radius 2 is 2.26 bits per heavy atom. The van der Waals surface area contributed by atoms with Gasteiger partial charge < -0.3 is 9.84 Å². The molecule has 3 nitrogen and oxygen atoms in total. The third-order valence-corrected chi connectivity index (χ3v) is 3.88. The van der Waals surface area contributed by atoms with Crippen molar-refractivity contribution in [3.8, 4) is 5.75 Å². The van der Waals surface area contributed by atoms with Crippen LogP contribution in [0.3, 0.4) is 0 Å². The van der Waals surface area contributed by atoms with Crippen LogP contribution in [0.2, 0.25) is 0 Å². The molecule has 0 unspecified atom stereocenters. The zero-order valence-corrected chi connectivity index (χ0v) is 12.8. The normalized spacial score (nSPS) is 10.4. The Balaban J connectivity index is 2.12. The third-order valence-electron chi connectivity index (χ3n) is 2.69. The van der Waals surface area contributed by atoms with Crippen LogP contribution in [0.25, 0.3) is 0 Å². The minimum absolute atomic E-state index is 0.192. The maximum Gasteiger partial charge on any atom is 0.339 e. The van der Waals surface area contributed by atoms with Gasteiger partial charge in [-0.3, -0.25) is 0 Å². The molecule has 0 saturated carbocycles. The minimum atomic E-state index is -0.977. The molecule has 0 fully saturated rings. The summed E-state index contributed by atoms with van der Waals surface area (Å²) in [5, 5.41) is 13.3. The van der Waals surface area contributed by atoms with Gasteiger partial charge in [0.1, 0.15) is 11.3 Å². The summed E-state index contributed by atoms with van der Waals surface area (Å²) in [6, 6.07) is 5.46. The summed E-state index contributed by atoms with van der Waals surface area (Å²) in [6.45, 7) is 2.32. The summed E-state index contributed by atoms with van der Waals surface area (Å²) < 4.78 is 6.40. The summed E-state index contributed by atoms with van der Waals surface area (Å²) in [5.41, 5.74) is 2.21. The van der Waals surface area contributed by atoms with Crippen molar-refractivity contribution in [3.05, 3.63) is 50.1 Å². The number of halogens is 1. The number of benzene rings is 1. The van der Waals surface area contributed by atoms with Gasteiger partial charge in [-0.15, -0.1) is 0 Å². The average Bonchev–Trinajstić information content (AvgIpc) is 2.84. The molecule has 19 heavy (non-hydrogen) atoms. The zero-order chi connectivity index (χ0) is 13.8. The molecule has 0 atom stereocenters. The van der Waals surface area contributed by atoms with Gasteiger partial charge in [-0.1, -0.05) is 15.9 Å². The predicted molar refractivity (Wildman–Crippen MR) is 79.4 cm³/mol. The van der Waals surface area contributed by atoms with Gasteiger partial charge in [0, 0.05) is 10.9 Å². The zero-order valence-electron chi connectivity index (χ0n) is 10.4. The fourth-order valence-electron chi connectivity index (χ4n) is 1.79. The van der Waals surface area contributed by atoms with Crippen molar-refractivity contribution in [1.29, 1.82) is 0 Å². The van der Waals surface area contributed by atoms with Crippen LogP contribution in [0.1, 0.15) is 21.5 Å². The van der Waals surface area contributed by atoms with Crippen molar-refractivity contribution >= 4 is 33.2 Å². The highest BCUT2D eigenvalue weighted by atomic mass is 79.9. The SMILES string of the molecule is Cc1cc(Br)cc(C(=O)O)c1OCCc1ccsc1. The van der Waals surface area contributed by atoms with Gasteiger partial charge in [-0.25, -0.2) is 4.79 Å².